The maximum Gasteiger partial charge on any atom is 0.242 e. The lowest BCUT2D eigenvalue weighted by atomic mass is 9.73. The van der Waals surface area contributed by atoms with Crippen LogP contribution in [0, 0.1) is 6.92 Å². The minimum Gasteiger partial charge on any atom is -0.394 e. The highest BCUT2D eigenvalue weighted by Gasteiger charge is 2.54. The van der Waals surface area contributed by atoms with Gasteiger partial charge >= 0.3 is 0 Å². The second kappa shape index (κ2) is 9.25. The lowest BCUT2D eigenvalue weighted by Gasteiger charge is -2.58. The average Bonchev–Trinajstić information content (AvgIpc) is 2.82. The van der Waals surface area contributed by atoms with Crippen LogP contribution in [0.25, 0.3) is 11.1 Å². The lowest BCUT2D eigenvalue weighted by Crippen LogP contribution is -2.73. The fraction of sp³-hybridized carbons (Fsp3) is 0.462. The van der Waals surface area contributed by atoms with Crippen LogP contribution in [0.2, 0.25) is 0 Å². The third kappa shape index (κ3) is 4.28. The van der Waals surface area contributed by atoms with E-state index in [0.29, 0.717) is 26.3 Å². The fourth-order valence-electron chi connectivity index (χ4n) is 5.38. The van der Waals surface area contributed by atoms with Crippen molar-refractivity contribution < 1.29 is 19.4 Å². The van der Waals surface area contributed by atoms with Gasteiger partial charge in [0.05, 0.1) is 45.0 Å². The number of nitrogens with zero attached hydrogens (tertiary/aromatic N) is 3. The molecule has 174 valence electrons. The summed E-state index contributed by atoms with van der Waals surface area (Å²) in [5.41, 5.74) is 4.62. The highest BCUT2D eigenvalue weighted by Crippen LogP contribution is 2.43. The second-order valence-corrected chi connectivity index (χ2v) is 9.29. The van der Waals surface area contributed by atoms with Crippen LogP contribution in [0.4, 0.5) is 0 Å². The van der Waals surface area contributed by atoms with Crippen LogP contribution >= 0.6 is 0 Å². The summed E-state index contributed by atoms with van der Waals surface area (Å²) in [5, 5.41) is 10.0. The summed E-state index contributed by atoms with van der Waals surface area (Å²) in [7, 11) is 0. The SMILES string of the molecule is Cc1ccc(-c2ccc([C@@H]3[C@@H](CO)N4C(=O)CN(C(=O)CN5CCOCC5)C[C@@H]34)cc2)cc1. The zero-order chi connectivity index (χ0) is 22.9. The van der Waals surface area contributed by atoms with Crippen molar-refractivity contribution in [2.45, 2.75) is 24.9 Å². The normalized spacial score (nSPS) is 25.5. The molecule has 3 heterocycles. The first-order valence-electron chi connectivity index (χ1n) is 11.7. The predicted molar refractivity (Wildman–Crippen MR) is 125 cm³/mol. The zero-order valence-corrected chi connectivity index (χ0v) is 19.0. The van der Waals surface area contributed by atoms with Crippen molar-refractivity contribution in [3.63, 3.8) is 0 Å². The van der Waals surface area contributed by atoms with Crippen LogP contribution in [0.1, 0.15) is 17.0 Å². The Labute approximate surface area is 194 Å². The number of benzene rings is 2. The molecule has 3 fully saturated rings. The molecule has 0 saturated carbocycles. The molecule has 3 aliphatic rings. The Balaban J connectivity index is 1.31. The van der Waals surface area contributed by atoms with Crippen LogP contribution in [-0.4, -0.2) is 96.2 Å². The maximum atomic E-state index is 12.9. The molecule has 33 heavy (non-hydrogen) atoms. The van der Waals surface area contributed by atoms with Gasteiger partial charge in [-0.2, -0.15) is 0 Å². The van der Waals surface area contributed by atoms with Gasteiger partial charge in [0, 0.05) is 25.6 Å². The molecule has 7 nitrogen and oxygen atoms in total. The zero-order valence-electron chi connectivity index (χ0n) is 19.0. The van der Waals surface area contributed by atoms with Crippen molar-refractivity contribution in [2.24, 2.45) is 0 Å². The molecule has 0 spiro atoms. The van der Waals surface area contributed by atoms with E-state index in [1.807, 2.05) is 0 Å². The summed E-state index contributed by atoms with van der Waals surface area (Å²) in [6.07, 6.45) is 0. The van der Waals surface area contributed by atoms with E-state index < -0.39 is 0 Å². The number of ether oxygens (including phenoxy) is 1. The molecule has 3 atom stereocenters. The topological polar surface area (TPSA) is 73.3 Å². The number of aryl methyl sites for hydroxylation is 1. The molecule has 0 unspecified atom stereocenters. The van der Waals surface area contributed by atoms with Crippen molar-refractivity contribution in [1.82, 2.24) is 14.7 Å². The van der Waals surface area contributed by atoms with E-state index in [9.17, 15) is 14.7 Å². The molecular weight excluding hydrogens is 418 g/mol. The third-order valence-electron chi connectivity index (χ3n) is 7.25. The van der Waals surface area contributed by atoms with Gasteiger partial charge in [0.15, 0.2) is 0 Å². The van der Waals surface area contributed by atoms with Crippen LogP contribution < -0.4 is 0 Å². The molecular formula is C26H31N3O4. The number of carbonyl (C=O) groups excluding carboxylic acids is 2. The van der Waals surface area contributed by atoms with Crippen LogP contribution in [0.3, 0.4) is 0 Å². The molecule has 3 saturated heterocycles. The Hall–Kier alpha value is -2.74. The van der Waals surface area contributed by atoms with Gasteiger partial charge in [-0.15, -0.1) is 0 Å². The molecule has 3 aliphatic heterocycles. The van der Waals surface area contributed by atoms with Crippen LogP contribution in [0.15, 0.2) is 48.5 Å². The van der Waals surface area contributed by atoms with Crippen LogP contribution in [0.5, 0.6) is 0 Å². The van der Waals surface area contributed by atoms with Gasteiger partial charge in [0.25, 0.3) is 0 Å². The van der Waals surface area contributed by atoms with E-state index >= 15 is 0 Å². The summed E-state index contributed by atoms with van der Waals surface area (Å²) < 4.78 is 5.36. The quantitative estimate of drug-likeness (QED) is 0.749. The van der Waals surface area contributed by atoms with Crippen molar-refractivity contribution in [3.8, 4) is 11.1 Å². The standard InChI is InChI=1S/C26H31N3O4/c1-18-2-4-19(5-3-18)20-6-8-21(9-7-20)26-22-14-28(16-25(32)29(22)23(26)17-30)24(31)15-27-10-12-33-13-11-27/h2-9,22-23,26,30H,10-17H2,1H3/t22-,23+,26-/m0/s1. The second-order valence-electron chi connectivity index (χ2n) is 9.29. The first-order valence-corrected chi connectivity index (χ1v) is 11.7. The molecule has 1 N–H and O–H groups in total. The number of hydrogen-bond donors (Lipinski definition) is 1. The molecule has 0 bridgehead atoms. The third-order valence-corrected chi connectivity index (χ3v) is 7.25. The van der Waals surface area contributed by atoms with Crippen molar-refractivity contribution in [2.75, 3.05) is 52.5 Å². The molecule has 2 aromatic rings. The van der Waals surface area contributed by atoms with E-state index in [0.717, 1.165) is 29.8 Å². The number of rotatable bonds is 5. The van der Waals surface area contributed by atoms with Crippen molar-refractivity contribution >= 4 is 11.8 Å². The monoisotopic (exact) mass is 449 g/mol. The van der Waals surface area contributed by atoms with Gasteiger partial charge in [-0.05, 0) is 23.6 Å². The number of hydrogen-bond acceptors (Lipinski definition) is 5. The molecule has 0 aliphatic carbocycles. The number of piperazine rings is 1. The van der Waals surface area contributed by atoms with Crippen molar-refractivity contribution in [1.29, 1.82) is 0 Å². The molecule has 0 aromatic heterocycles. The molecule has 2 amide bonds. The maximum absolute atomic E-state index is 12.9. The first kappa shape index (κ1) is 22.1. The molecule has 5 rings (SSSR count). The minimum atomic E-state index is -0.232. The largest absolute Gasteiger partial charge is 0.394 e. The fourth-order valence-corrected chi connectivity index (χ4v) is 5.38. The Kier molecular flexibility index (Phi) is 6.19. The minimum absolute atomic E-state index is 0.00850. The van der Waals surface area contributed by atoms with E-state index in [-0.39, 0.29) is 43.0 Å². The number of morpholine rings is 1. The number of amides is 2. The first-order chi connectivity index (χ1) is 16.0. The number of aliphatic hydroxyl groups is 1. The smallest absolute Gasteiger partial charge is 0.242 e. The average molecular weight is 450 g/mol. The number of carbonyl (C=O) groups is 2. The molecule has 0 radical (unpaired) electrons. The summed E-state index contributed by atoms with van der Waals surface area (Å²) in [4.78, 5) is 31.4. The van der Waals surface area contributed by atoms with Crippen LogP contribution in [-0.2, 0) is 14.3 Å². The summed E-state index contributed by atoms with van der Waals surface area (Å²) in [6, 6.07) is 16.5. The van der Waals surface area contributed by atoms with E-state index in [4.69, 9.17) is 4.74 Å². The lowest BCUT2D eigenvalue weighted by molar-refractivity contribution is -0.167. The Morgan fingerprint density at radius 1 is 1.03 bits per heavy atom. The Morgan fingerprint density at radius 2 is 1.67 bits per heavy atom. The van der Waals surface area contributed by atoms with E-state index in [2.05, 4.69) is 60.4 Å². The summed E-state index contributed by atoms with van der Waals surface area (Å²) >= 11 is 0. The Bertz CT molecular complexity index is 1000. The highest BCUT2D eigenvalue weighted by molar-refractivity contribution is 5.88. The number of fused-ring (bicyclic) bond motifs is 1. The van der Waals surface area contributed by atoms with Gasteiger partial charge in [0.2, 0.25) is 11.8 Å². The summed E-state index contributed by atoms with van der Waals surface area (Å²) in [6.45, 7) is 5.69. The molecule has 7 heteroatoms. The number of aliphatic hydroxyl groups excluding tert-OH is 1. The van der Waals surface area contributed by atoms with E-state index in [1.54, 1.807) is 9.80 Å². The van der Waals surface area contributed by atoms with Gasteiger partial charge in [0.1, 0.15) is 0 Å². The predicted octanol–water partition coefficient (Wildman–Crippen LogP) is 1.49. The molecule has 2 aromatic carbocycles. The summed E-state index contributed by atoms with van der Waals surface area (Å²) in [5.74, 6) is -0.0658. The highest BCUT2D eigenvalue weighted by atomic mass is 16.5. The van der Waals surface area contributed by atoms with Crippen molar-refractivity contribution in [3.05, 3.63) is 59.7 Å². The Morgan fingerprint density at radius 3 is 2.30 bits per heavy atom. The van der Waals surface area contributed by atoms with Gasteiger partial charge in [-0.1, -0.05) is 54.1 Å². The van der Waals surface area contributed by atoms with E-state index in [1.165, 1.54) is 5.56 Å². The van der Waals surface area contributed by atoms with Gasteiger partial charge < -0.3 is 19.6 Å². The van der Waals surface area contributed by atoms with Gasteiger partial charge in [-0.3, -0.25) is 14.5 Å². The van der Waals surface area contributed by atoms with Gasteiger partial charge in [-0.25, -0.2) is 0 Å².